The summed E-state index contributed by atoms with van der Waals surface area (Å²) in [5.74, 6) is -0.664. The number of nitrogens with one attached hydrogen (secondary N) is 1. The van der Waals surface area contributed by atoms with Crippen LogP contribution in [0.15, 0.2) is 18.2 Å². The average Bonchev–Trinajstić information content (AvgIpc) is 2.21. The van der Waals surface area contributed by atoms with E-state index in [-0.39, 0.29) is 0 Å². The number of benzene rings is 1. The first-order valence-corrected chi connectivity index (χ1v) is 5.08. The molecule has 18 heavy (non-hydrogen) atoms. The van der Waals surface area contributed by atoms with E-state index in [0.717, 1.165) is 5.56 Å². The maximum Gasteiger partial charge on any atom is 0.411 e. The van der Waals surface area contributed by atoms with Gasteiger partial charge in [-0.2, -0.15) is 13.2 Å². The van der Waals surface area contributed by atoms with Gasteiger partial charge in [0.2, 0.25) is 5.91 Å². The van der Waals surface area contributed by atoms with Crippen molar-refractivity contribution in [2.24, 2.45) is 0 Å². The molecule has 0 saturated carbocycles. The number of hydrogen-bond acceptors (Lipinski definition) is 3. The van der Waals surface area contributed by atoms with E-state index in [9.17, 15) is 18.0 Å². The van der Waals surface area contributed by atoms with Gasteiger partial charge in [-0.3, -0.25) is 4.79 Å². The van der Waals surface area contributed by atoms with Crippen LogP contribution in [-0.2, 0) is 9.53 Å². The van der Waals surface area contributed by atoms with E-state index in [4.69, 9.17) is 5.73 Å². The zero-order valence-electron chi connectivity index (χ0n) is 9.67. The summed E-state index contributed by atoms with van der Waals surface area (Å²) in [6.07, 6.45) is -4.44. The molecule has 4 nitrogen and oxygen atoms in total. The monoisotopic (exact) mass is 262 g/mol. The van der Waals surface area contributed by atoms with E-state index in [2.05, 4.69) is 10.1 Å². The minimum absolute atomic E-state index is 0.415. The minimum Gasteiger partial charge on any atom is -0.398 e. The fraction of sp³-hybridized carbons (Fsp3) is 0.364. The number of anilines is 2. The van der Waals surface area contributed by atoms with Crippen LogP contribution in [0, 0.1) is 6.92 Å². The highest BCUT2D eigenvalue weighted by Gasteiger charge is 2.27. The number of hydrogen-bond donors (Lipinski definition) is 2. The fourth-order valence-corrected chi connectivity index (χ4v) is 1.17. The van der Waals surface area contributed by atoms with E-state index in [1.165, 1.54) is 6.07 Å². The SMILES string of the molecule is Cc1ccc(NC(=O)COCC(F)(F)F)cc1N. The molecule has 0 heterocycles. The highest BCUT2D eigenvalue weighted by Crippen LogP contribution is 2.17. The number of nitrogen functional groups attached to an aromatic ring is 1. The number of alkyl halides is 3. The summed E-state index contributed by atoms with van der Waals surface area (Å²) >= 11 is 0. The van der Waals surface area contributed by atoms with Gasteiger partial charge in [-0.25, -0.2) is 0 Å². The predicted octanol–water partition coefficient (Wildman–Crippen LogP) is 2.09. The molecular formula is C11H13F3N2O2. The van der Waals surface area contributed by atoms with Gasteiger partial charge in [-0.1, -0.05) is 6.07 Å². The molecular weight excluding hydrogens is 249 g/mol. The molecule has 0 aromatic heterocycles. The van der Waals surface area contributed by atoms with Crippen molar-refractivity contribution in [3.8, 4) is 0 Å². The van der Waals surface area contributed by atoms with Crippen molar-refractivity contribution in [1.82, 2.24) is 0 Å². The summed E-state index contributed by atoms with van der Waals surface area (Å²) in [6.45, 7) is -0.308. The first-order valence-electron chi connectivity index (χ1n) is 5.08. The zero-order valence-corrected chi connectivity index (χ0v) is 9.67. The lowest BCUT2D eigenvalue weighted by atomic mass is 10.2. The van der Waals surface area contributed by atoms with Gasteiger partial charge >= 0.3 is 6.18 Å². The Balaban J connectivity index is 2.42. The lowest BCUT2D eigenvalue weighted by Gasteiger charge is -2.09. The molecule has 0 aliphatic carbocycles. The zero-order chi connectivity index (χ0) is 13.8. The van der Waals surface area contributed by atoms with Crippen molar-refractivity contribution in [2.45, 2.75) is 13.1 Å². The van der Waals surface area contributed by atoms with Crippen molar-refractivity contribution in [3.05, 3.63) is 23.8 Å². The third-order valence-electron chi connectivity index (χ3n) is 2.06. The van der Waals surface area contributed by atoms with Gasteiger partial charge in [0.1, 0.15) is 13.2 Å². The van der Waals surface area contributed by atoms with E-state index < -0.39 is 25.3 Å². The van der Waals surface area contributed by atoms with Crippen LogP contribution < -0.4 is 11.1 Å². The Kier molecular flexibility index (Phi) is 4.55. The Morgan fingerprint density at radius 3 is 2.67 bits per heavy atom. The van der Waals surface area contributed by atoms with Gasteiger partial charge in [0, 0.05) is 11.4 Å². The van der Waals surface area contributed by atoms with Gasteiger partial charge in [0.15, 0.2) is 0 Å². The molecule has 0 radical (unpaired) electrons. The highest BCUT2D eigenvalue weighted by molar-refractivity contribution is 5.92. The van der Waals surface area contributed by atoms with Crippen LogP contribution in [0.2, 0.25) is 0 Å². The van der Waals surface area contributed by atoms with Gasteiger partial charge in [-0.15, -0.1) is 0 Å². The number of aryl methyl sites for hydroxylation is 1. The smallest absolute Gasteiger partial charge is 0.398 e. The third kappa shape index (κ3) is 5.05. The molecule has 0 spiro atoms. The Labute approximate surface area is 102 Å². The van der Waals surface area contributed by atoms with Crippen LogP contribution in [0.25, 0.3) is 0 Å². The molecule has 0 aliphatic rings. The number of amides is 1. The molecule has 1 aromatic carbocycles. The van der Waals surface area contributed by atoms with E-state index in [0.29, 0.717) is 11.4 Å². The standard InChI is InChI=1S/C11H13F3N2O2/c1-7-2-3-8(4-9(7)15)16-10(17)5-18-6-11(12,13)14/h2-4H,5-6,15H2,1H3,(H,16,17). The summed E-state index contributed by atoms with van der Waals surface area (Å²) in [5.41, 5.74) is 7.38. The summed E-state index contributed by atoms with van der Waals surface area (Å²) in [4.78, 5) is 11.3. The molecule has 0 atom stereocenters. The second-order valence-electron chi connectivity index (χ2n) is 3.73. The fourth-order valence-electron chi connectivity index (χ4n) is 1.17. The maximum absolute atomic E-state index is 11.8. The van der Waals surface area contributed by atoms with Gasteiger partial charge in [-0.05, 0) is 24.6 Å². The van der Waals surface area contributed by atoms with Gasteiger partial charge < -0.3 is 15.8 Å². The molecule has 0 saturated heterocycles. The van der Waals surface area contributed by atoms with Gasteiger partial charge in [0.05, 0.1) is 0 Å². The number of halogens is 3. The van der Waals surface area contributed by atoms with Crippen LogP contribution >= 0.6 is 0 Å². The summed E-state index contributed by atoms with van der Waals surface area (Å²) in [5, 5.41) is 2.38. The number of carbonyl (C=O) groups excluding carboxylic acids is 1. The summed E-state index contributed by atoms with van der Waals surface area (Å²) in [7, 11) is 0. The van der Waals surface area contributed by atoms with Gasteiger partial charge in [0.25, 0.3) is 0 Å². The number of carbonyl (C=O) groups is 1. The van der Waals surface area contributed by atoms with Crippen LogP contribution in [0.4, 0.5) is 24.5 Å². The Morgan fingerprint density at radius 1 is 1.44 bits per heavy atom. The molecule has 1 rings (SSSR count). The van der Waals surface area contributed by atoms with Crippen LogP contribution in [0.3, 0.4) is 0 Å². The third-order valence-corrected chi connectivity index (χ3v) is 2.06. The molecule has 3 N–H and O–H groups in total. The lowest BCUT2D eigenvalue weighted by molar-refractivity contribution is -0.174. The summed E-state index contributed by atoms with van der Waals surface area (Å²) in [6, 6.07) is 4.83. The number of nitrogens with two attached hydrogens (primary N) is 1. The van der Waals surface area contributed by atoms with Crippen LogP contribution in [-0.4, -0.2) is 25.3 Å². The second kappa shape index (κ2) is 5.72. The van der Waals surface area contributed by atoms with Crippen molar-refractivity contribution in [1.29, 1.82) is 0 Å². The quantitative estimate of drug-likeness (QED) is 0.817. The molecule has 0 bridgehead atoms. The Hall–Kier alpha value is -1.76. The molecule has 1 aromatic rings. The number of rotatable bonds is 4. The van der Waals surface area contributed by atoms with Crippen LogP contribution in [0.1, 0.15) is 5.56 Å². The molecule has 0 aliphatic heterocycles. The molecule has 0 fully saturated rings. The largest absolute Gasteiger partial charge is 0.411 e. The topological polar surface area (TPSA) is 64.3 Å². The molecule has 7 heteroatoms. The highest BCUT2D eigenvalue weighted by atomic mass is 19.4. The lowest BCUT2D eigenvalue weighted by Crippen LogP contribution is -2.24. The molecule has 100 valence electrons. The predicted molar refractivity (Wildman–Crippen MR) is 61.1 cm³/mol. The minimum atomic E-state index is -4.44. The first kappa shape index (κ1) is 14.3. The van der Waals surface area contributed by atoms with Crippen molar-refractivity contribution in [2.75, 3.05) is 24.3 Å². The van der Waals surface area contributed by atoms with E-state index >= 15 is 0 Å². The van der Waals surface area contributed by atoms with Crippen molar-refractivity contribution < 1.29 is 22.7 Å². The number of ether oxygens (including phenoxy) is 1. The van der Waals surface area contributed by atoms with Crippen LogP contribution in [0.5, 0.6) is 0 Å². The normalized spacial score (nSPS) is 11.3. The molecule has 0 unspecified atom stereocenters. The Bertz CT molecular complexity index is 433. The van der Waals surface area contributed by atoms with E-state index in [1.54, 1.807) is 19.1 Å². The second-order valence-corrected chi connectivity index (χ2v) is 3.73. The average molecular weight is 262 g/mol. The van der Waals surface area contributed by atoms with Crippen molar-refractivity contribution in [3.63, 3.8) is 0 Å². The Morgan fingerprint density at radius 2 is 2.11 bits per heavy atom. The summed E-state index contributed by atoms with van der Waals surface area (Å²) < 4.78 is 39.5. The molecule has 1 amide bonds. The van der Waals surface area contributed by atoms with Crippen molar-refractivity contribution >= 4 is 17.3 Å². The maximum atomic E-state index is 11.8. The van der Waals surface area contributed by atoms with E-state index in [1.807, 2.05) is 0 Å². The first-order chi connectivity index (χ1) is 8.28.